The highest BCUT2D eigenvalue weighted by Crippen LogP contribution is 2.61. The highest BCUT2D eigenvalue weighted by atomic mass is 32.2. The molecule has 2 aliphatic rings. The molecule has 1 fully saturated rings. The number of aliphatic hydroxyl groups excluding tert-OH is 2. The minimum atomic E-state index is -5.57. The van der Waals surface area contributed by atoms with Crippen molar-refractivity contribution in [2.75, 3.05) is 37.8 Å². The summed E-state index contributed by atoms with van der Waals surface area (Å²) in [6.45, 7) is 0.487. The molecule has 0 radical (unpaired) electrons. The van der Waals surface area contributed by atoms with E-state index in [1.807, 2.05) is 12.2 Å². The van der Waals surface area contributed by atoms with E-state index < -0.39 is 84.6 Å². The van der Waals surface area contributed by atoms with Gasteiger partial charge < -0.3 is 50.9 Å². The molecule has 2 amide bonds. The Labute approximate surface area is 322 Å². The lowest BCUT2D eigenvalue weighted by atomic mass is 9.87. The molecule has 28 heteroatoms. The van der Waals surface area contributed by atoms with Crippen LogP contribution in [0, 0.1) is 5.41 Å². The van der Waals surface area contributed by atoms with E-state index in [-0.39, 0.29) is 41.6 Å². The maximum Gasteiger partial charge on any atom is 0.481 e. The molecule has 2 aromatic heterocycles. The maximum absolute atomic E-state index is 12.7. The zero-order valence-corrected chi connectivity index (χ0v) is 33.2. The number of rotatable bonds is 20. The van der Waals surface area contributed by atoms with Crippen molar-refractivity contribution in [2.24, 2.45) is 5.41 Å². The summed E-state index contributed by atoms with van der Waals surface area (Å²) >= 11 is 1.06. The van der Waals surface area contributed by atoms with Gasteiger partial charge in [-0.2, -0.15) is 4.31 Å². The van der Waals surface area contributed by atoms with E-state index in [1.165, 1.54) is 13.8 Å². The summed E-state index contributed by atoms with van der Waals surface area (Å²) in [5, 5.41) is 26.3. The van der Waals surface area contributed by atoms with Crippen molar-refractivity contribution >= 4 is 69.1 Å². The summed E-state index contributed by atoms with van der Waals surface area (Å²) in [6, 6.07) is 0. The van der Waals surface area contributed by atoms with Crippen LogP contribution in [-0.4, -0.2) is 123 Å². The van der Waals surface area contributed by atoms with E-state index in [0.29, 0.717) is 11.3 Å². The number of anilines is 1. The van der Waals surface area contributed by atoms with Crippen LogP contribution in [0.4, 0.5) is 5.82 Å². The highest BCUT2D eigenvalue weighted by Gasteiger charge is 2.50. The molecule has 3 unspecified atom stereocenters. The van der Waals surface area contributed by atoms with E-state index in [0.717, 1.165) is 41.8 Å². The molecule has 10 N–H and O–H groups in total. The van der Waals surface area contributed by atoms with Gasteiger partial charge in [0.15, 0.2) is 17.7 Å². The SMILES string of the molecule is CC(C)(COP(=O)(O)OP(=O)(O)OC[C@H]1O[C@@H](n2cnc3c(N)ncnc32)[C@H](O)[C@@H]1OP(=O)(O)O)C(O)C(=O)NCCC(=O)NCCSC(=O)C1=CCCC=C1. The van der Waals surface area contributed by atoms with E-state index in [4.69, 9.17) is 19.5 Å². The van der Waals surface area contributed by atoms with Gasteiger partial charge in [0.2, 0.25) is 16.9 Å². The maximum atomic E-state index is 12.7. The molecular formula is C28H42N7O17P3S. The van der Waals surface area contributed by atoms with Crippen molar-refractivity contribution in [3.05, 3.63) is 36.5 Å². The summed E-state index contributed by atoms with van der Waals surface area (Å²) in [5.41, 5.74) is 4.87. The van der Waals surface area contributed by atoms with E-state index >= 15 is 0 Å². The van der Waals surface area contributed by atoms with Crippen LogP contribution >= 0.6 is 35.2 Å². The molecule has 0 spiro atoms. The van der Waals surface area contributed by atoms with Gasteiger partial charge in [-0.1, -0.05) is 43.8 Å². The summed E-state index contributed by atoms with van der Waals surface area (Å²) < 4.78 is 62.1. The van der Waals surface area contributed by atoms with Gasteiger partial charge in [0.05, 0.1) is 19.5 Å². The summed E-state index contributed by atoms with van der Waals surface area (Å²) in [7, 11) is -16.4. The number of allylic oxidation sites excluding steroid dienone is 3. The van der Waals surface area contributed by atoms with Crippen LogP contribution in [0.3, 0.4) is 0 Å². The van der Waals surface area contributed by atoms with Crippen LogP contribution in [-0.2, 0) is 50.7 Å². The van der Waals surface area contributed by atoms with Gasteiger partial charge in [-0.25, -0.2) is 28.6 Å². The van der Waals surface area contributed by atoms with Crippen molar-refractivity contribution in [1.29, 1.82) is 0 Å². The van der Waals surface area contributed by atoms with Crippen LogP contribution in [0.2, 0.25) is 0 Å². The number of nitrogens with one attached hydrogen (secondary N) is 2. The van der Waals surface area contributed by atoms with E-state index in [2.05, 4.69) is 34.4 Å². The number of fused-ring (bicyclic) bond motifs is 1. The molecule has 1 saturated heterocycles. The van der Waals surface area contributed by atoms with Crippen LogP contribution < -0.4 is 16.4 Å². The van der Waals surface area contributed by atoms with E-state index in [1.54, 1.807) is 6.08 Å². The van der Waals surface area contributed by atoms with Gasteiger partial charge in [-0.15, -0.1) is 0 Å². The van der Waals surface area contributed by atoms with Crippen molar-refractivity contribution < 1.29 is 80.5 Å². The predicted octanol–water partition coefficient (Wildman–Crippen LogP) is -0.0589. The van der Waals surface area contributed by atoms with Gasteiger partial charge >= 0.3 is 23.5 Å². The second-order valence-electron chi connectivity index (χ2n) is 12.8. The number of aromatic nitrogens is 4. The minimum Gasteiger partial charge on any atom is -0.386 e. The van der Waals surface area contributed by atoms with E-state index in [9.17, 15) is 57.9 Å². The first-order chi connectivity index (χ1) is 26.1. The lowest BCUT2D eigenvalue weighted by molar-refractivity contribution is -0.137. The molecule has 56 heavy (non-hydrogen) atoms. The van der Waals surface area contributed by atoms with Crippen LogP contribution in [0.25, 0.3) is 11.2 Å². The first-order valence-corrected chi connectivity index (χ1v) is 22.0. The van der Waals surface area contributed by atoms with Gasteiger partial charge in [0.1, 0.15) is 36.3 Å². The highest BCUT2D eigenvalue weighted by molar-refractivity contribution is 8.14. The predicted molar refractivity (Wildman–Crippen MR) is 194 cm³/mol. The topological polar surface area (TPSA) is 364 Å². The van der Waals surface area contributed by atoms with Crippen LogP contribution in [0.15, 0.2) is 36.5 Å². The number of hydrogen-bond acceptors (Lipinski definition) is 18. The number of aliphatic hydroxyl groups is 2. The molecule has 0 bridgehead atoms. The zero-order valence-electron chi connectivity index (χ0n) is 29.7. The Bertz CT molecular complexity index is 1960. The third kappa shape index (κ3) is 13.0. The largest absolute Gasteiger partial charge is 0.481 e. The number of ether oxygens (including phenoxy) is 1. The Hall–Kier alpha value is -2.96. The number of amides is 2. The number of phosphoric ester groups is 3. The number of phosphoric acid groups is 3. The molecule has 1 aliphatic heterocycles. The number of carbonyl (C=O) groups excluding carboxylic acids is 3. The average molecular weight is 874 g/mol. The first-order valence-electron chi connectivity index (χ1n) is 16.5. The van der Waals surface area contributed by atoms with Gasteiger partial charge in [-0.05, 0) is 12.8 Å². The van der Waals surface area contributed by atoms with Crippen molar-refractivity contribution in [3.63, 3.8) is 0 Å². The molecular weight excluding hydrogens is 831 g/mol. The number of nitrogens with two attached hydrogens (primary N) is 1. The lowest BCUT2D eigenvalue weighted by Crippen LogP contribution is -2.46. The normalized spacial score (nSPS) is 22.9. The van der Waals surface area contributed by atoms with Gasteiger partial charge in [-0.3, -0.25) is 32.5 Å². The quantitative estimate of drug-likeness (QED) is 0.0621. The Balaban J connectivity index is 1.23. The van der Waals surface area contributed by atoms with Gasteiger partial charge in [0, 0.05) is 36.3 Å². The molecule has 4 rings (SSSR count). The fourth-order valence-electron chi connectivity index (χ4n) is 5.12. The number of nitrogen functional groups attached to an aromatic ring is 1. The average Bonchev–Trinajstić information content (AvgIpc) is 3.68. The van der Waals surface area contributed by atoms with Gasteiger partial charge in [0.25, 0.3) is 0 Å². The molecule has 0 aromatic carbocycles. The lowest BCUT2D eigenvalue weighted by Gasteiger charge is -2.30. The third-order valence-corrected chi connectivity index (χ3v) is 12.0. The molecule has 7 atom stereocenters. The standard InChI is InChI=1S/C28H42N7O17P3S/c1-28(2,22(38)25(39)31-9-8-18(36)30-10-11-56-27(40)16-6-4-3-5-7-16)13-49-55(46,47)52-54(44,45)48-12-17-21(51-53(41,42)43)20(37)26(50-17)35-15-34-19-23(29)32-14-33-24(19)35/h4,6-7,14-15,17,20-22,26,37-38H,3,5,8-13H2,1-2H3,(H,30,36)(H,31,39)(H,44,45)(H,46,47)(H2,29,32,33)(H2,41,42,43)/t17-,20-,21-,22?,26-/m1/s1. The summed E-state index contributed by atoms with van der Waals surface area (Å²) in [5.74, 6) is -1.12. The Morgan fingerprint density at radius 1 is 1.07 bits per heavy atom. The first kappa shape index (κ1) is 45.7. The van der Waals surface area contributed by atoms with Crippen LogP contribution in [0.5, 0.6) is 0 Å². The third-order valence-electron chi connectivity index (χ3n) is 7.97. The monoisotopic (exact) mass is 873 g/mol. The van der Waals surface area contributed by atoms with Crippen LogP contribution in [0.1, 0.15) is 39.3 Å². The smallest absolute Gasteiger partial charge is 0.386 e. The molecule has 0 saturated carbocycles. The molecule has 312 valence electrons. The molecule has 3 heterocycles. The minimum absolute atomic E-state index is 0.0305. The second-order valence-corrected chi connectivity index (χ2v) is 18.1. The number of nitrogens with zero attached hydrogens (tertiary/aromatic N) is 4. The Kier molecular flexibility index (Phi) is 15.7. The fraction of sp³-hybridized carbons (Fsp3) is 0.571. The van der Waals surface area contributed by atoms with Crippen molar-refractivity contribution in [1.82, 2.24) is 30.2 Å². The molecule has 1 aliphatic carbocycles. The number of hydrogen-bond donors (Lipinski definition) is 9. The second kappa shape index (κ2) is 19.2. The molecule has 24 nitrogen and oxygen atoms in total. The Morgan fingerprint density at radius 3 is 2.46 bits per heavy atom. The summed E-state index contributed by atoms with van der Waals surface area (Å²) in [4.78, 5) is 87.8. The van der Waals surface area contributed by atoms with Crippen molar-refractivity contribution in [3.8, 4) is 0 Å². The summed E-state index contributed by atoms with van der Waals surface area (Å²) in [6.07, 6.45) is 0.272. The zero-order chi connectivity index (χ0) is 41.5. The Morgan fingerprint density at radius 2 is 1.79 bits per heavy atom. The number of imidazole rings is 1. The fourth-order valence-corrected chi connectivity index (χ4v) is 8.66. The number of carbonyl (C=O) groups is 3. The number of thioether (sulfide) groups is 1. The molecule has 2 aromatic rings. The van der Waals surface area contributed by atoms with Crippen molar-refractivity contribution in [2.45, 2.75) is 63.8 Å².